The first kappa shape index (κ1) is 18.9. The second-order valence-corrected chi connectivity index (χ2v) is 7.68. The third-order valence-corrected chi connectivity index (χ3v) is 5.11. The van der Waals surface area contributed by atoms with Crippen molar-refractivity contribution in [1.82, 2.24) is 4.90 Å². The summed E-state index contributed by atoms with van der Waals surface area (Å²) in [5, 5.41) is 10.1. The van der Waals surface area contributed by atoms with E-state index in [0.717, 1.165) is 17.2 Å². The van der Waals surface area contributed by atoms with Gasteiger partial charge < -0.3 is 19.6 Å². The van der Waals surface area contributed by atoms with Gasteiger partial charge in [-0.1, -0.05) is 12.1 Å². The monoisotopic (exact) mass is 352 g/mol. The van der Waals surface area contributed by atoms with Crippen molar-refractivity contribution in [2.45, 2.75) is 31.9 Å². The highest BCUT2D eigenvalue weighted by atomic mass is 32.2. The number of rotatable bonds is 6. The van der Waals surface area contributed by atoms with Crippen molar-refractivity contribution >= 4 is 23.4 Å². The molecule has 1 amide bonds. The zero-order valence-corrected chi connectivity index (χ0v) is 15.8. The fourth-order valence-electron chi connectivity index (χ4n) is 3.21. The minimum atomic E-state index is -0.897. The highest BCUT2D eigenvalue weighted by Crippen LogP contribution is 2.34. The molecule has 0 radical (unpaired) electrons. The molecule has 1 aliphatic rings. The van der Waals surface area contributed by atoms with Gasteiger partial charge in [0.2, 0.25) is 0 Å². The van der Waals surface area contributed by atoms with E-state index in [4.69, 9.17) is 4.74 Å². The molecule has 1 atom stereocenters. The molecule has 0 spiro atoms. The number of amides is 1. The molecule has 134 valence electrons. The maximum absolute atomic E-state index is 12.5. The summed E-state index contributed by atoms with van der Waals surface area (Å²) in [6.07, 6.45) is 1.59. The van der Waals surface area contributed by atoms with Crippen molar-refractivity contribution in [2.24, 2.45) is 0 Å². The first-order valence-corrected chi connectivity index (χ1v) is 9.66. The molecule has 0 bridgehead atoms. The number of methoxy groups -OCH3 is 1. The summed E-state index contributed by atoms with van der Waals surface area (Å²) in [6.45, 7) is 6.14. The molecular weight excluding hydrogens is 324 g/mol. The number of benzene rings is 1. The van der Waals surface area contributed by atoms with Gasteiger partial charge in [-0.15, -0.1) is 0 Å². The first-order valence-electron chi connectivity index (χ1n) is 8.27. The van der Waals surface area contributed by atoms with E-state index in [9.17, 15) is 9.90 Å². The fraction of sp³-hybridized carbons (Fsp3) is 0.611. The number of hydrogen-bond acceptors (Lipinski definition) is 5. The molecule has 0 aromatic heterocycles. The number of aliphatic hydroxyl groups excluding tert-OH is 1. The van der Waals surface area contributed by atoms with E-state index in [1.807, 2.05) is 30.5 Å². The van der Waals surface area contributed by atoms with Gasteiger partial charge in [0.25, 0.3) is 5.91 Å². The van der Waals surface area contributed by atoms with Crippen LogP contribution >= 0.6 is 11.8 Å². The van der Waals surface area contributed by atoms with Crippen molar-refractivity contribution < 1.29 is 14.6 Å². The smallest absolute Gasteiger partial charge is 0.251 e. The van der Waals surface area contributed by atoms with Crippen molar-refractivity contribution in [2.75, 3.05) is 43.7 Å². The van der Waals surface area contributed by atoms with Crippen LogP contribution in [0.5, 0.6) is 5.75 Å². The number of para-hydroxylation sites is 2. The molecule has 5 nitrogen and oxygen atoms in total. The Balaban J connectivity index is 2.11. The molecule has 1 fully saturated rings. The summed E-state index contributed by atoms with van der Waals surface area (Å²) in [5.41, 5.74) is 0.807. The number of aliphatic hydroxyl groups is 1. The van der Waals surface area contributed by atoms with Crippen molar-refractivity contribution in [1.29, 1.82) is 0 Å². The normalized spacial score (nSPS) is 18.4. The minimum Gasteiger partial charge on any atom is -0.495 e. The van der Waals surface area contributed by atoms with Gasteiger partial charge in [-0.25, -0.2) is 0 Å². The number of anilines is 1. The van der Waals surface area contributed by atoms with Gasteiger partial charge in [0.1, 0.15) is 11.9 Å². The van der Waals surface area contributed by atoms with E-state index in [0.29, 0.717) is 26.1 Å². The predicted octanol–water partition coefficient (Wildman–Crippen LogP) is 2.24. The van der Waals surface area contributed by atoms with Crippen LogP contribution in [-0.2, 0) is 4.79 Å². The van der Waals surface area contributed by atoms with Gasteiger partial charge in [0, 0.05) is 19.6 Å². The van der Waals surface area contributed by atoms with Crippen LogP contribution in [0.1, 0.15) is 20.3 Å². The Hall–Kier alpha value is -1.40. The first-order chi connectivity index (χ1) is 11.4. The Bertz CT molecular complexity index is 565. The van der Waals surface area contributed by atoms with Crippen LogP contribution in [0.15, 0.2) is 24.3 Å². The van der Waals surface area contributed by atoms with Crippen LogP contribution < -0.4 is 9.64 Å². The second kappa shape index (κ2) is 8.12. The molecule has 24 heavy (non-hydrogen) atoms. The average molecular weight is 353 g/mol. The molecule has 2 rings (SSSR count). The standard InChI is InChI=1S/C18H28N2O3S/c1-18(2)13-19(17(22)15(21)9-12-24-4)10-11-20(18)14-7-5-6-8-16(14)23-3/h5-8,15,21H,9-13H2,1-4H3/t15-/m1/s1. The van der Waals surface area contributed by atoms with Gasteiger partial charge in [-0.2, -0.15) is 11.8 Å². The number of carbonyl (C=O) groups is 1. The van der Waals surface area contributed by atoms with Crippen LogP contribution in [-0.4, -0.2) is 66.3 Å². The molecule has 6 heteroatoms. The Labute approximate surface area is 149 Å². The lowest BCUT2D eigenvalue weighted by molar-refractivity contribution is -0.141. The summed E-state index contributed by atoms with van der Waals surface area (Å²) < 4.78 is 5.48. The SMILES string of the molecule is COc1ccccc1N1CCN(C(=O)[C@H](O)CCSC)CC1(C)C. The van der Waals surface area contributed by atoms with E-state index in [1.165, 1.54) is 0 Å². The van der Waals surface area contributed by atoms with Crippen molar-refractivity contribution in [3.05, 3.63) is 24.3 Å². The summed E-state index contributed by atoms with van der Waals surface area (Å²) in [6, 6.07) is 7.95. The van der Waals surface area contributed by atoms with E-state index < -0.39 is 6.10 Å². The lowest BCUT2D eigenvalue weighted by Crippen LogP contribution is -2.62. The van der Waals surface area contributed by atoms with E-state index in [1.54, 1.807) is 23.8 Å². The largest absolute Gasteiger partial charge is 0.495 e. The number of hydrogen-bond donors (Lipinski definition) is 1. The number of thioether (sulfide) groups is 1. The van der Waals surface area contributed by atoms with Crippen LogP contribution in [0, 0.1) is 0 Å². The summed E-state index contributed by atoms with van der Waals surface area (Å²) in [5.74, 6) is 1.47. The summed E-state index contributed by atoms with van der Waals surface area (Å²) in [7, 11) is 1.67. The molecule has 1 saturated heterocycles. The average Bonchev–Trinajstić information content (AvgIpc) is 2.58. The molecule has 1 N–H and O–H groups in total. The van der Waals surface area contributed by atoms with Crippen molar-refractivity contribution in [3.8, 4) is 5.75 Å². The van der Waals surface area contributed by atoms with Gasteiger partial charge >= 0.3 is 0 Å². The van der Waals surface area contributed by atoms with Crippen LogP contribution in [0.4, 0.5) is 5.69 Å². The fourth-order valence-corrected chi connectivity index (χ4v) is 3.66. The van der Waals surface area contributed by atoms with E-state index in [-0.39, 0.29) is 11.4 Å². The van der Waals surface area contributed by atoms with E-state index >= 15 is 0 Å². The van der Waals surface area contributed by atoms with Gasteiger partial charge in [0.05, 0.1) is 18.3 Å². The zero-order chi connectivity index (χ0) is 17.7. The molecule has 0 aliphatic carbocycles. The molecule has 1 aliphatic heterocycles. The molecule has 1 heterocycles. The number of carbonyl (C=O) groups excluding carboxylic acids is 1. The lowest BCUT2D eigenvalue weighted by atomic mass is 9.96. The van der Waals surface area contributed by atoms with Gasteiger partial charge in [0.15, 0.2) is 0 Å². The maximum atomic E-state index is 12.5. The predicted molar refractivity (Wildman–Crippen MR) is 100 cm³/mol. The lowest BCUT2D eigenvalue weighted by Gasteiger charge is -2.49. The zero-order valence-electron chi connectivity index (χ0n) is 15.0. The number of nitrogens with zero attached hydrogens (tertiary/aromatic N) is 2. The molecular formula is C18H28N2O3S. The van der Waals surface area contributed by atoms with Crippen LogP contribution in [0.3, 0.4) is 0 Å². The second-order valence-electron chi connectivity index (χ2n) is 6.69. The number of ether oxygens (including phenoxy) is 1. The Kier molecular flexibility index (Phi) is 6.40. The van der Waals surface area contributed by atoms with Crippen LogP contribution in [0.25, 0.3) is 0 Å². The maximum Gasteiger partial charge on any atom is 0.251 e. The highest BCUT2D eigenvalue weighted by Gasteiger charge is 2.38. The number of piperazine rings is 1. The molecule has 0 unspecified atom stereocenters. The van der Waals surface area contributed by atoms with E-state index in [2.05, 4.69) is 18.7 Å². The topological polar surface area (TPSA) is 53.0 Å². The summed E-state index contributed by atoms with van der Waals surface area (Å²) in [4.78, 5) is 16.6. The Morgan fingerprint density at radius 2 is 2.08 bits per heavy atom. The quantitative estimate of drug-likeness (QED) is 0.851. The van der Waals surface area contributed by atoms with Crippen molar-refractivity contribution in [3.63, 3.8) is 0 Å². The van der Waals surface area contributed by atoms with Gasteiger partial charge in [-0.05, 0) is 44.4 Å². The molecule has 1 aromatic rings. The molecule has 1 aromatic carbocycles. The third-order valence-electron chi connectivity index (χ3n) is 4.47. The summed E-state index contributed by atoms with van der Waals surface area (Å²) >= 11 is 1.64. The minimum absolute atomic E-state index is 0.156. The highest BCUT2D eigenvalue weighted by molar-refractivity contribution is 7.98. The van der Waals surface area contributed by atoms with Crippen LogP contribution in [0.2, 0.25) is 0 Å². The Morgan fingerprint density at radius 1 is 1.38 bits per heavy atom. The van der Waals surface area contributed by atoms with Gasteiger partial charge in [-0.3, -0.25) is 4.79 Å². The third kappa shape index (κ3) is 4.16. The Morgan fingerprint density at radius 3 is 2.71 bits per heavy atom. The molecule has 0 saturated carbocycles.